The van der Waals surface area contributed by atoms with Gasteiger partial charge in [0.05, 0.1) is 21.9 Å². The van der Waals surface area contributed by atoms with Crippen LogP contribution < -0.4 is 0 Å². The molecule has 0 fully saturated rings. The molecule has 0 radical (unpaired) electrons. The van der Waals surface area contributed by atoms with Gasteiger partial charge in [-0.3, -0.25) is 4.99 Å². The Kier molecular flexibility index (Phi) is 4.04. The first-order valence-corrected chi connectivity index (χ1v) is 7.10. The summed E-state index contributed by atoms with van der Waals surface area (Å²) in [6.07, 6.45) is 1.98. The molecule has 4 heteroatoms. The monoisotopic (exact) mass is 276 g/mol. The maximum Gasteiger partial charge on any atom is 0.0944 e. The second kappa shape index (κ2) is 5.55. The van der Waals surface area contributed by atoms with Gasteiger partial charge in [0, 0.05) is 5.39 Å². The Morgan fingerprint density at radius 2 is 2.28 bits per heavy atom. The number of halogens is 1. The van der Waals surface area contributed by atoms with Gasteiger partial charge in [0.2, 0.25) is 0 Å². The van der Waals surface area contributed by atoms with E-state index in [1.54, 1.807) is 11.8 Å². The molecule has 0 aliphatic rings. The standard InChI is InChI=1S/C14H13ClN2S/c1-9-7-10-5-4-6-11(15)14(10)17-13(9)12(16-2)8-18-3/h4-8H,2H2,1,3H3/b12-8-. The van der Waals surface area contributed by atoms with E-state index < -0.39 is 0 Å². The number of hydrogen-bond donors (Lipinski definition) is 0. The summed E-state index contributed by atoms with van der Waals surface area (Å²) >= 11 is 7.75. The van der Waals surface area contributed by atoms with Crippen LogP contribution in [-0.2, 0) is 0 Å². The molecule has 1 aromatic heterocycles. The molecule has 0 N–H and O–H groups in total. The molecule has 0 aliphatic carbocycles. The fourth-order valence-electron chi connectivity index (χ4n) is 1.81. The fraction of sp³-hybridized carbons (Fsp3) is 0.143. The minimum absolute atomic E-state index is 0.654. The molecule has 0 spiro atoms. The maximum atomic E-state index is 6.17. The lowest BCUT2D eigenvalue weighted by atomic mass is 10.1. The van der Waals surface area contributed by atoms with E-state index in [1.807, 2.05) is 36.8 Å². The first kappa shape index (κ1) is 13.1. The van der Waals surface area contributed by atoms with Gasteiger partial charge in [0.25, 0.3) is 0 Å². The number of thioether (sulfide) groups is 1. The molecule has 1 aromatic carbocycles. The highest BCUT2D eigenvalue weighted by atomic mass is 35.5. The molecule has 0 aliphatic heterocycles. The molecule has 0 saturated heterocycles. The van der Waals surface area contributed by atoms with Gasteiger partial charge in [-0.2, -0.15) is 0 Å². The summed E-state index contributed by atoms with van der Waals surface area (Å²) in [6, 6.07) is 7.85. The Bertz CT molecular complexity index is 635. The van der Waals surface area contributed by atoms with E-state index in [-0.39, 0.29) is 0 Å². The summed E-state index contributed by atoms with van der Waals surface area (Å²) in [6.45, 7) is 5.61. The summed E-state index contributed by atoms with van der Waals surface area (Å²) in [5, 5.41) is 3.63. The van der Waals surface area contributed by atoms with Gasteiger partial charge >= 0.3 is 0 Å². The van der Waals surface area contributed by atoms with Gasteiger partial charge in [-0.25, -0.2) is 4.98 Å². The SMILES string of the molecule is C=N/C(=C\SC)c1nc2c(Cl)cccc2cc1C. The Balaban J connectivity index is 2.72. The van der Waals surface area contributed by atoms with E-state index in [4.69, 9.17) is 11.6 Å². The van der Waals surface area contributed by atoms with Crippen LogP contribution in [0.15, 0.2) is 34.7 Å². The molecule has 92 valence electrons. The van der Waals surface area contributed by atoms with Gasteiger partial charge in [-0.05, 0) is 43.0 Å². The van der Waals surface area contributed by atoms with Crippen LogP contribution in [0.1, 0.15) is 11.3 Å². The van der Waals surface area contributed by atoms with Crippen molar-refractivity contribution < 1.29 is 0 Å². The topological polar surface area (TPSA) is 25.2 Å². The number of aliphatic imine (C=N–C) groups is 1. The van der Waals surface area contributed by atoms with Crippen molar-refractivity contribution in [2.75, 3.05) is 6.26 Å². The van der Waals surface area contributed by atoms with E-state index in [2.05, 4.69) is 22.8 Å². The van der Waals surface area contributed by atoms with E-state index in [9.17, 15) is 0 Å². The third-order valence-corrected chi connectivity index (χ3v) is 3.39. The largest absolute Gasteiger partial charge is 0.262 e. The van der Waals surface area contributed by atoms with Crippen molar-refractivity contribution in [1.29, 1.82) is 0 Å². The lowest BCUT2D eigenvalue weighted by Gasteiger charge is -2.08. The highest BCUT2D eigenvalue weighted by Gasteiger charge is 2.09. The molecule has 18 heavy (non-hydrogen) atoms. The van der Waals surface area contributed by atoms with Crippen molar-refractivity contribution in [3.63, 3.8) is 0 Å². The molecule has 0 saturated carbocycles. The second-order valence-corrected chi connectivity index (χ2v) is 4.98. The average Bonchev–Trinajstić information content (AvgIpc) is 2.36. The highest BCUT2D eigenvalue weighted by molar-refractivity contribution is 8.01. The lowest BCUT2D eigenvalue weighted by molar-refractivity contribution is 1.26. The number of nitrogens with zero attached hydrogens (tertiary/aromatic N) is 2. The number of para-hydroxylation sites is 1. The molecule has 2 aromatic rings. The van der Waals surface area contributed by atoms with Gasteiger partial charge in [-0.15, -0.1) is 11.8 Å². The van der Waals surface area contributed by atoms with Crippen LogP contribution in [0.4, 0.5) is 0 Å². The van der Waals surface area contributed by atoms with Crippen LogP contribution in [0.3, 0.4) is 0 Å². The van der Waals surface area contributed by atoms with E-state index >= 15 is 0 Å². The Morgan fingerprint density at radius 1 is 1.50 bits per heavy atom. The van der Waals surface area contributed by atoms with Crippen molar-refractivity contribution in [3.05, 3.63) is 46.0 Å². The van der Waals surface area contributed by atoms with Crippen LogP contribution in [0.5, 0.6) is 0 Å². The third-order valence-electron chi connectivity index (χ3n) is 2.63. The molecule has 0 bridgehead atoms. The molecule has 0 amide bonds. The number of rotatable bonds is 3. The van der Waals surface area contributed by atoms with Crippen LogP contribution >= 0.6 is 23.4 Å². The van der Waals surface area contributed by atoms with Crippen molar-refractivity contribution in [2.24, 2.45) is 4.99 Å². The molecular formula is C14H13ClN2S. The van der Waals surface area contributed by atoms with Crippen LogP contribution in [0, 0.1) is 6.92 Å². The van der Waals surface area contributed by atoms with Gasteiger partial charge < -0.3 is 0 Å². The van der Waals surface area contributed by atoms with Crippen molar-refractivity contribution in [1.82, 2.24) is 4.98 Å². The summed E-state index contributed by atoms with van der Waals surface area (Å²) in [5.41, 5.74) is 3.48. The summed E-state index contributed by atoms with van der Waals surface area (Å²) in [7, 11) is 0. The minimum atomic E-state index is 0.654. The van der Waals surface area contributed by atoms with Crippen molar-refractivity contribution in [3.8, 4) is 0 Å². The molecule has 0 atom stereocenters. The van der Waals surface area contributed by atoms with E-state index in [0.717, 1.165) is 27.9 Å². The summed E-state index contributed by atoms with van der Waals surface area (Å²) < 4.78 is 0. The second-order valence-electron chi connectivity index (χ2n) is 3.86. The Labute approximate surface area is 116 Å². The number of hydrogen-bond acceptors (Lipinski definition) is 3. The molecule has 2 rings (SSSR count). The first-order chi connectivity index (χ1) is 8.67. The lowest BCUT2D eigenvalue weighted by Crippen LogP contribution is -1.93. The number of pyridine rings is 1. The molecule has 1 heterocycles. The minimum Gasteiger partial charge on any atom is -0.262 e. The zero-order valence-electron chi connectivity index (χ0n) is 10.3. The zero-order valence-corrected chi connectivity index (χ0v) is 11.8. The molecular weight excluding hydrogens is 264 g/mol. The van der Waals surface area contributed by atoms with Gasteiger partial charge in [-0.1, -0.05) is 23.7 Å². The smallest absolute Gasteiger partial charge is 0.0944 e. The van der Waals surface area contributed by atoms with Gasteiger partial charge in [0.15, 0.2) is 0 Å². The van der Waals surface area contributed by atoms with Crippen LogP contribution in [-0.4, -0.2) is 18.0 Å². The van der Waals surface area contributed by atoms with E-state index in [1.165, 1.54) is 0 Å². The number of aromatic nitrogens is 1. The number of aryl methyl sites for hydroxylation is 1. The maximum absolute atomic E-state index is 6.17. The van der Waals surface area contributed by atoms with Crippen LogP contribution in [0.2, 0.25) is 5.02 Å². The highest BCUT2D eigenvalue weighted by Crippen LogP contribution is 2.27. The number of fused-ring (bicyclic) bond motifs is 1. The fourth-order valence-corrected chi connectivity index (χ4v) is 2.44. The van der Waals surface area contributed by atoms with Crippen molar-refractivity contribution in [2.45, 2.75) is 6.92 Å². The normalized spacial score (nSPS) is 11.8. The summed E-state index contributed by atoms with van der Waals surface area (Å²) in [5.74, 6) is 0. The third kappa shape index (κ3) is 2.42. The average molecular weight is 277 g/mol. The van der Waals surface area contributed by atoms with Gasteiger partial charge in [0.1, 0.15) is 0 Å². The predicted octanol–water partition coefficient (Wildman–Crippen LogP) is 4.56. The van der Waals surface area contributed by atoms with Crippen LogP contribution in [0.25, 0.3) is 16.6 Å². The summed E-state index contributed by atoms with van der Waals surface area (Å²) in [4.78, 5) is 8.65. The predicted molar refractivity (Wildman–Crippen MR) is 82.5 cm³/mol. The van der Waals surface area contributed by atoms with E-state index in [0.29, 0.717) is 5.02 Å². The van der Waals surface area contributed by atoms with Crippen molar-refractivity contribution >= 4 is 46.7 Å². The molecule has 2 nitrogen and oxygen atoms in total. The first-order valence-electron chi connectivity index (χ1n) is 5.43. The number of benzene rings is 1. The Morgan fingerprint density at radius 3 is 2.94 bits per heavy atom. The Hall–Kier alpha value is -1.32. The zero-order chi connectivity index (χ0) is 13.1. The molecule has 0 unspecified atom stereocenters. The quantitative estimate of drug-likeness (QED) is 0.768.